The van der Waals surface area contributed by atoms with Crippen LogP contribution in [0.5, 0.6) is 0 Å². The first-order valence-corrected chi connectivity index (χ1v) is 21.9. The molecule has 1 unspecified atom stereocenters. The zero-order valence-electron chi connectivity index (χ0n) is 35.1. The van der Waals surface area contributed by atoms with Gasteiger partial charge in [-0.25, -0.2) is 15.0 Å². The van der Waals surface area contributed by atoms with Gasteiger partial charge in [-0.2, -0.15) is 0 Å². The van der Waals surface area contributed by atoms with Crippen molar-refractivity contribution in [3.63, 3.8) is 0 Å². The number of nitrogens with zero attached hydrogens (tertiary/aromatic N) is 6. The van der Waals surface area contributed by atoms with Gasteiger partial charge in [-0.1, -0.05) is 164 Å². The van der Waals surface area contributed by atoms with E-state index in [9.17, 15) is 0 Å². The minimum atomic E-state index is -0.163. The first-order chi connectivity index (χ1) is 31.7. The molecule has 0 amide bonds. The third-order valence-corrected chi connectivity index (χ3v) is 12.6. The summed E-state index contributed by atoms with van der Waals surface area (Å²) in [6, 6.07) is 51.0. The molecule has 3 aliphatic rings. The number of benzene rings is 6. The molecule has 1 N–H and O–H groups in total. The van der Waals surface area contributed by atoms with Crippen LogP contribution in [0, 0.1) is 0 Å². The molecule has 64 heavy (non-hydrogen) atoms. The summed E-state index contributed by atoms with van der Waals surface area (Å²) in [6.45, 7) is 5.15. The summed E-state index contributed by atoms with van der Waals surface area (Å²) in [5.74, 6) is 1.90. The molecule has 7 nitrogen and oxygen atoms in total. The average molecular weight is 826 g/mol. The Hall–Kier alpha value is -8.29. The second-order valence-corrected chi connectivity index (χ2v) is 16.4. The molecular weight excluding hydrogens is 783 g/mol. The molecule has 0 spiro atoms. The van der Waals surface area contributed by atoms with Gasteiger partial charge < -0.3 is 19.4 Å². The van der Waals surface area contributed by atoms with Crippen molar-refractivity contribution in [3.05, 3.63) is 223 Å². The van der Waals surface area contributed by atoms with Gasteiger partial charge in [0.1, 0.15) is 6.17 Å². The normalized spacial score (nSPS) is 16.8. The number of hydrogen-bond donors (Lipinski definition) is 1. The maximum atomic E-state index is 5.12. The average Bonchev–Trinajstić information content (AvgIpc) is 3.91. The summed E-state index contributed by atoms with van der Waals surface area (Å²) >= 11 is 0. The van der Waals surface area contributed by atoms with Crippen LogP contribution in [0.3, 0.4) is 0 Å². The van der Waals surface area contributed by atoms with Crippen molar-refractivity contribution >= 4 is 50.0 Å². The number of nitrogens with one attached hydrogen (secondary N) is 1. The van der Waals surface area contributed by atoms with Crippen LogP contribution in [0.1, 0.15) is 29.4 Å². The van der Waals surface area contributed by atoms with Gasteiger partial charge in [0.05, 0.1) is 16.6 Å². The van der Waals surface area contributed by atoms with Crippen LogP contribution in [0.15, 0.2) is 207 Å². The summed E-state index contributed by atoms with van der Waals surface area (Å²) in [7, 11) is 0. The smallest absolute Gasteiger partial charge is 0.164 e. The van der Waals surface area contributed by atoms with Crippen molar-refractivity contribution in [3.8, 4) is 39.9 Å². The predicted octanol–water partition coefficient (Wildman–Crippen LogP) is 13.0. The number of fused-ring (bicyclic) bond motifs is 8. The fourth-order valence-corrected chi connectivity index (χ4v) is 9.74. The molecule has 9 aromatic rings. The third kappa shape index (κ3) is 6.32. The van der Waals surface area contributed by atoms with E-state index >= 15 is 0 Å². The van der Waals surface area contributed by atoms with Crippen LogP contribution in [-0.2, 0) is 6.42 Å². The number of dihydropyridines is 1. The van der Waals surface area contributed by atoms with E-state index in [-0.39, 0.29) is 6.17 Å². The number of hydrogen-bond acceptors (Lipinski definition) is 5. The van der Waals surface area contributed by atoms with Crippen LogP contribution in [0.4, 0.5) is 5.69 Å². The zero-order chi connectivity index (χ0) is 42.6. The number of para-hydroxylation sites is 2. The van der Waals surface area contributed by atoms with Crippen molar-refractivity contribution in [2.45, 2.75) is 19.0 Å². The van der Waals surface area contributed by atoms with Crippen molar-refractivity contribution in [2.75, 3.05) is 11.4 Å². The second-order valence-electron chi connectivity index (χ2n) is 16.4. The SMILES string of the molecule is C=C1/C=C\C=C/CN(C2=CC(n3c4c(c5ccc6c7ccccc7n(-c7cccc(-c8nc(-c9ccccc9)nc(-c9ccccc9)n8)c7)c6c53)C=CCC4)NC=C2)c2ccccc21. The van der Waals surface area contributed by atoms with Crippen molar-refractivity contribution in [2.24, 2.45) is 0 Å². The number of anilines is 1. The molecule has 2 aliphatic heterocycles. The van der Waals surface area contributed by atoms with E-state index in [0.717, 1.165) is 75.3 Å². The molecular formula is C57H43N7. The highest BCUT2D eigenvalue weighted by Crippen LogP contribution is 2.43. The molecule has 3 aromatic heterocycles. The molecule has 0 fully saturated rings. The van der Waals surface area contributed by atoms with Crippen LogP contribution >= 0.6 is 0 Å². The highest BCUT2D eigenvalue weighted by Gasteiger charge is 2.28. The summed E-state index contributed by atoms with van der Waals surface area (Å²) in [5.41, 5.74) is 14.3. The molecule has 1 atom stereocenters. The summed E-state index contributed by atoms with van der Waals surface area (Å²) < 4.78 is 5.02. The van der Waals surface area contributed by atoms with Crippen molar-refractivity contribution in [1.29, 1.82) is 0 Å². The maximum Gasteiger partial charge on any atom is 0.164 e. The maximum absolute atomic E-state index is 5.12. The minimum absolute atomic E-state index is 0.163. The van der Waals surface area contributed by atoms with Gasteiger partial charge in [0, 0.05) is 79.5 Å². The Kier molecular flexibility index (Phi) is 9.11. The van der Waals surface area contributed by atoms with E-state index in [1.165, 1.54) is 32.9 Å². The van der Waals surface area contributed by atoms with Crippen LogP contribution in [0.2, 0.25) is 0 Å². The number of rotatable bonds is 6. The highest BCUT2D eigenvalue weighted by atomic mass is 15.2. The fraction of sp³-hybridized carbons (Fsp3) is 0.0702. The minimum Gasteiger partial charge on any atom is -0.368 e. The van der Waals surface area contributed by atoms with E-state index in [0.29, 0.717) is 17.5 Å². The molecule has 306 valence electrons. The van der Waals surface area contributed by atoms with Gasteiger partial charge in [-0.15, -0.1) is 0 Å². The lowest BCUT2D eigenvalue weighted by Gasteiger charge is -2.32. The summed E-state index contributed by atoms with van der Waals surface area (Å²) in [4.78, 5) is 17.6. The summed E-state index contributed by atoms with van der Waals surface area (Å²) in [5, 5.41) is 7.44. The van der Waals surface area contributed by atoms with Crippen molar-refractivity contribution in [1.82, 2.24) is 29.4 Å². The van der Waals surface area contributed by atoms with Gasteiger partial charge in [-0.05, 0) is 54.8 Å². The van der Waals surface area contributed by atoms with Crippen LogP contribution < -0.4 is 10.2 Å². The molecule has 1 aliphatic carbocycles. The Morgan fingerprint density at radius 1 is 0.594 bits per heavy atom. The van der Waals surface area contributed by atoms with Crippen LogP contribution in [-0.4, -0.2) is 30.6 Å². The molecule has 0 radical (unpaired) electrons. The molecule has 12 rings (SSSR count). The Bertz CT molecular complexity index is 3410. The van der Waals surface area contributed by atoms with Gasteiger partial charge in [0.25, 0.3) is 0 Å². The van der Waals surface area contributed by atoms with E-state index < -0.39 is 0 Å². The number of aromatic nitrogens is 5. The lowest BCUT2D eigenvalue weighted by atomic mass is 10.0. The Morgan fingerprint density at radius 2 is 1.30 bits per heavy atom. The van der Waals surface area contributed by atoms with E-state index in [1.54, 1.807) is 0 Å². The third-order valence-electron chi connectivity index (χ3n) is 12.6. The monoisotopic (exact) mass is 825 g/mol. The molecule has 0 bridgehead atoms. The molecule has 5 heterocycles. The quantitative estimate of drug-likeness (QED) is 0.181. The first kappa shape index (κ1) is 37.5. The van der Waals surface area contributed by atoms with Gasteiger partial charge in [0.15, 0.2) is 17.5 Å². The standard InChI is InChI=1S/C57H43N7/c1-38-18-5-4-16-35-62(49-28-13-10-25-44(38)49)42-33-34-58-52(37-42)64-51-30-15-12-27-46(51)48-32-31-47-45-26-11-14-29-50(45)63(53(47)54(48)64)43-24-17-23-41(36-43)57-60-55(39-19-6-2-7-20-39)59-56(61-57)40-21-8-3-9-22-40/h2-14,16-29,31-34,36-37,52,58H,1,15,30,35H2/b16-4-,18-5-. The zero-order valence-corrected chi connectivity index (χ0v) is 35.1. The Balaban J connectivity index is 1.07. The Labute approximate surface area is 371 Å². The molecule has 6 aromatic carbocycles. The van der Waals surface area contributed by atoms with Gasteiger partial charge >= 0.3 is 0 Å². The van der Waals surface area contributed by atoms with E-state index in [2.05, 4.69) is 166 Å². The highest BCUT2D eigenvalue weighted by molar-refractivity contribution is 6.19. The molecule has 0 saturated carbocycles. The van der Waals surface area contributed by atoms with Crippen LogP contribution in [0.25, 0.3) is 84.2 Å². The van der Waals surface area contributed by atoms with E-state index in [4.69, 9.17) is 15.0 Å². The molecule has 7 heteroatoms. The fourth-order valence-electron chi connectivity index (χ4n) is 9.74. The van der Waals surface area contributed by atoms with Crippen molar-refractivity contribution < 1.29 is 0 Å². The lowest BCUT2D eigenvalue weighted by molar-refractivity contribution is 0.536. The van der Waals surface area contributed by atoms with Gasteiger partial charge in [0.2, 0.25) is 0 Å². The topological polar surface area (TPSA) is 63.8 Å². The predicted molar refractivity (Wildman–Crippen MR) is 264 cm³/mol. The van der Waals surface area contributed by atoms with Gasteiger partial charge in [-0.3, -0.25) is 0 Å². The molecule has 0 saturated heterocycles. The Morgan fingerprint density at radius 3 is 2.11 bits per heavy atom. The summed E-state index contributed by atoms with van der Waals surface area (Å²) in [6.07, 6.45) is 21.6. The van der Waals surface area contributed by atoms with E-state index in [1.807, 2.05) is 60.7 Å². The number of allylic oxidation sites excluding steroid dienone is 6. The second kappa shape index (κ2) is 15.6. The lowest BCUT2D eigenvalue weighted by Crippen LogP contribution is -2.30. The largest absolute Gasteiger partial charge is 0.368 e. The first-order valence-electron chi connectivity index (χ1n) is 21.9.